The summed E-state index contributed by atoms with van der Waals surface area (Å²) in [5, 5.41) is 15.9. The molecule has 1 fully saturated rings. The van der Waals surface area contributed by atoms with E-state index in [2.05, 4.69) is 16.0 Å². The van der Waals surface area contributed by atoms with Crippen LogP contribution in [0, 0.1) is 11.3 Å². The van der Waals surface area contributed by atoms with Crippen LogP contribution in [0.1, 0.15) is 5.56 Å². The summed E-state index contributed by atoms with van der Waals surface area (Å²) in [5.74, 6) is 0. The Morgan fingerprint density at radius 2 is 1.61 bits per heavy atom. The lowest BCUT2D eigenvalue weighted by Gasteiger charge is -2.38. The van der Waals surface area contributed by atoms with Crippen molar-refractivity contribution in [3.05, 3.63) is 60.3 Å². The number of piperazine rings is 1. The number of aromatic nitrogens is 1. The Morgan fingerprint density at radius 1 is 0.964 bits per heavy atom. The molecule has 0 radical (unpaired) electrons. The molecule has 0 saturated carbocycles. The number of sulfonamides is 1. The van der Waals surface area contributed by atoms with Gasteiger partial charge < -0.3 is 9.80 Å². The highest BCUT2D eigenvalue weighted by molar-refractivity contribution is 7.89. The molecule has 0 aliphatic carbocycles. The number of nitriles is 1. The van der Waals surface area contributed by atoms with E-state index in [4.69, 9.17) is 5.14 Å². The zero-order valence-electron chi connectivity index (χ0n) is 15.1. The number of rotatable bonds is 3. The largest absolute Gasteiger partial charge is 0.367 e. The fourth-order valence-electron chi connectivity index (χ4n) is 3.68. The van der Waals surface area contributed by atoms with E-state index >= 15 is 0 Å². The van der Waals surface area contributed by atoms with Gasteiger partial charge >= 0.3 is 0 Å². The third kappa shape index (κ3) is 3.26. The van der Waals surface area contributed by atoms with Gasteiger partial charge in [-0.3, -0.25) is 4.98 Å². The van der Waals surface area contributed by atoms with Crippen LogP contribution in [0.4, 0.5) is 11.4 Å². The zero-order valence-corrected chi connectivity index (χ0v) is 15.9. The Bertz CT molecular complexity index is 1180. The van der Waals surface area contributed by atoms with Gasteiger partial charge in [0.25, 0.3) is 0 Å². The molecule has 1 saturated heterocycles. The average molecular weight is 393 g/mol. The molecular formula is C20H19N5O2S. The minimum absolute atomic E-state index is 0.135. The van der Waals surface area contributed by atoms with Crippen molar-refractivity contribution in [1.29, 1.82) is 5.26 Å². The lowest BCUT2D eigenvalue weighted by molar-refractivity contribution is 0.595. The molecule has 7 nitrogen and oxygen atoms in total. The van der Waals surface area contributed by atoms with Gasteiger partial charge in [0.1, 0.15) is 11.0 Å². The van der Waals surface area contributed by atoms with Gasteiger partial charge in [-0.05, 0) is 18.2 Å². The van der Waals surface area contributed by atoms with Crippen LogP contribution in [-0.4, -0.2) is 39.6 Å². The van der Waals surface area contributed by atoms with Crippen molar-refractivity contribution in [2.45, 2.75) is 4.90 Å². The number of anilines is 2. The third-order valence-electron chi connectivity index (χ3n) is 4.98. The number of pyridine rings is 1. The van der Waals surface area contributed by atoms with Crippen LogP contribution in [0.5, 0.6) is 0 Å². The maximum absolute atomic E-state index is 11.9. The fraction of sp³-hybridized carbons (Fsp3) is 0.200. The summed E-state index contributed by atoms with van der Waals surface area (Å²) in [5.41, 5.74) is 2.88. The topological polar surface area (TPSA) is 103 Å². The van der Waals surface area contributed by atoms with Crippen LogP contribution in [0.3, 0.4) is 0 Å². The summed E-state index contributed by atoms with van der Waals surface area (Å²) >= 11 is 0. The quantitative estimate of drug-likeness (QED) is 0.731. The first-order valence-electron chi connectivity index (χ1n) is 8.88. The van der Waals surface area contributed by atoms with E-state index in [-0.39, 0.29) is 4.90 Å². The monoisotopic (exact) mass is 393 g/mol. The number of primary sulfonamides is 1. The zero-order chi connectivity index (χ0) is 19.7. The predicted molar refractivity (Wildman–Crippen MR) is 109 cm³/mol. The van der Waals surface area contributed by atoms with E-state index in [0.29, 0.717) is 37.4 Å². The molecule has 8 heteroatoms. The normalized spacial score (nSPS) is 14.9. The number of hydrogen-bond acceptors (Lipinski definition) is 6. The molecular weight excluding hydrogens is 374 g/mol. The second-order valence-corrected chi connectivity index (χ2v) is 8.17. The molecule has 1 aliphatic rings. The summed E-state index contributed by atoms with van der Waals surface area (Å²) in [6, 6.07) is 16.8. The van der Waals surface area contributed by atoms with E-state index in [0.717, 1.165) is 16.6 Å². The summed E-state index contributed by atoms with van der Waals surface area (Å²) in [7, 11) is -3.79. The summed E-state index contributed by atoms with van der Waals surface area (Å²) < 4.78 is 23.8. The van der Waals surface area contributed by atoms with Crippen molar-refractivity contribution in [2.75, 3.05) is 36.0 Å². The lowest BCUT2D eigenvalue weighted by Crippen LogP contribution is -2.47. The maximum atomic E-state index is 11.9. The van der Waals surface area contributed by atoms with E-state index in [1.54, 1.807) is 24.4 Å². The van der Waals surface area contributed by atoms with Crippen LogP contribution in [0.2, 0.25) is 0 Å². The molecule has 2 aromatic carbocycles. The van der Waals surface area contributed by atoms with Crippen LogP contribution in [0.25, 0.3) is 10.9 Å². The first-order chi connectivity index (χ1) is 13.5. The first kappa shape index (κ1) is 18.2. The van der Waals surface area contributed by atoms with Crippen LogP contribution in [0.15, 0.2) is 59.6 Å². The molecule has 142 valence electrons. The Hall–Kier alpha value is -3.15. The van der Waals surface area contributed by atoms with Crippen molar-refractivity contribution in [3.63, 3.8) is 0 Å². The number of para-hydroxylation sites is 2. The molecule has 2 heterocycles. The van der Waals surface area contributed by atoms with Crippen molar-refractivity contribution in [1.82, 2.24) is 4.98 Å². The summed E-state index contributed by atoms with van der Waals surface area (Å²) in [6.45, 7) is 2.55. The van der Waals surface area contributed by atoms with Gasteiger partial charge in [0.05, 0.1) is 22.5 Å². The maximum Gasteiger partial charge on any atom is 0.240 e. The van der Waals surface area contributed by atoms with E-state index < -0.39 is 10.0 Å². The first-order valence-corrected chi connectivity index (χ1v) is 10.4. The SMILES string of the molecule is N#Cc1cnc2ccccc2c1N1CCN(c2ccccc2S(N)(=O)=O)CC1. The highest BCUT2D eigenvalue weighted by atomic mass is 32.2. The molecule has 2 N–H and O–H groups in total. The Balaban J connectivity index is 1.65. The van der Waals surface area contributed by atoms with E-state index in [1.807, 2.05) is 29.2 Å². The van der Waals surface area contributed by atoms with Crippen molar-refractivity contribution >= 4 is 32.3 Å². The van der Waals surface area contributed by atoms with Gasteiger partial charge in [-0.1, -0.05) is 30.3 Å². The second kappa shape index (κ2) is 7.11. The minimum atomic E-state index is -3.79. The van der Waals surface area contributed by atoms with E-state index in [1.165, 1.54) is 6.07 Å². The Labute approximate surface area is 163 Å². The van der Waals surface area contributed by atoms with Crippen molar-refractivity contribution < 1.29 is 8.42 Å². The summed E-state index contributed by atoms with van der Waals surface area (Å²) in [6.07, 6.45) is 1.61. The Morgan fingerprint density at radius 3 is 2.32 bits per heavy atom. The van der Waals surface area contributed by atoms with Gasteiger partial charge in [0.15, 0.2) is 0 Å². The minimum Gasteiger partial charge on any atom is -0.367 e. The molecule has 28 heavy (non-hydrogen) atoms. The summed E-state index contributed by atoms with van der Waals surface area (Å²) in [4.78, 5) is 8.69. The van der Waals surface area contributed by atoms with Gasteiger partial charge in [0, 0.05) is 37.8 Å². The average Bonchev–Trinajstić information content (AvgIpc) is 2.72. The third-order valence-corrected chi connectivity index (χ3v) is 5.93. The number of fused-ring (bicyclic) bond motifs is 1. The fourth-order valence-corrected chi connectivity index (χ4v) is 4.44. The van der Waals surface area contributed by atoms with Gasteiger partial charge in [-0.2, -0.15) is 5.26 Å². The smallest absolute Gasteiger partial charge is 0.240 e. The molecule has 0 spiro atoms. The molecule has 4 rings (SSSR count). The van der Waals surface area contributed by atoms with Crippen molar-refractivity contribution in [3.8, 4) is 6.07 Å². The molecule has 0 amide bonds. The highest BCUT2D eigenvalue weighted by Gasteiger charge is 2.25. The second-order valence-electron chi connectivity index (χ2n) is 6.64. The van der Waals surface area contributed by atoms with Crippen LogP contribution < -0.4 is 14.9 Å². The number of benzene rings is 2. The Kier molecular flexibility index (Phi) is 4.63. The molecule has 1 aliphatic heterocycles. The standard InChI is InChI=1S/C20H19N5O2S/c21-13-15-14-23-17-6-2-1-5-16(17)20(15)25-11-9-24(10-12-25)18-7-3-4-8-19(18)28(22,26)27/h1-8,14H,9-12H2,(H2,22,26,27). The van der Waals surface area contributed by atoms with Gasteiger partial charge in [0.2, 0.25) is 10.0 Å². The molecule has 1 aromatic heterocycles. The number of hydrogen-bond donors (Lipinski definition) is 1. The van der Waals surface area contributed by atoms with Gasteiger partial charge in [-0.15, -0.1) is 0 Å². The van der Waals surface area contributed by atoms with E-state index in [9.17, 15) is 13.7 Å². The molecule has 0 unspecified atom stereocenters. The predicted octanol–water partition coefficient (Wildman–Crippen LogP) is 2.08. The lowest BCUT2D eigenvalue weighted by atomic mass is 10.1. The number of nitrogens with two attached hydrogens (primary N) is 1. The van der Waals surface area contributed by atoms with Gasteiger partial charge in [-0.25, -0.2) is 13.6 Å². The van der Waals surface area contributed by atoms with Crippen LogP contribution >= 0.6 is 0 Å². The van der Waals surface area contributed by atoms with Crippen LogP contribution in [-0.2, 0) is 10.0 Å². The molecule has 0 atom stereocenters. The highest BCUT2D eigenvalue weighted by Crippen LogP contribution is 2.31. The molecule has 3 aromatic rings. The number of nitrogens with zero attached hydrogens (tertiary/aromatic N) is 4. The van der Waals surface area contributed by atoms with Crippen molar-refractivity contribution in [2.24, 2.45) is 5.14 Å². The molecule has 0 bridgehead atoms.